The molecule has 3 N–H and O–H groups in total. The standard InChI is InChI=1S/C12H26N2O2/c1-5-14(6-7-15)11(16)10(9-13)8-12(2,3)4/h10,15H,5-9,13H2,1-4H3. The quantitative estimate of drug-likeness (QED) is 0.710. The van der Waals surface area contributed by atoms with E-state index in [1.807, 2.05) is 6.92 Å². The highest BCUT2D eigenvalue weighted by molar-refractivity contribution is 5.79. The monoisotopic (exact) mass is 230 g/mol. The first-order valence-corrected chi connectivity index (χ1v) is 5.95. The summed E-state index contributed by atoms with van der Waals surface area (Å²) in [7, 11) is 0. The molecule has 0 aliphatic heterocycles. The number of aliphatic hydroxyl groups is 1. The number of amides is 1. The lowest BCUT2D eigenvalue weighted by Crippen LogP contribution is -2.41. The summed E-state index contributed by atoms with van der Waals surface area (Å²) in [6.45, 7) is 9.63. The summed E-state index contributed by atoms with van der Waals surface area (Å²) < 4.78 is 0. The van der Waals surface area contributed by atoms with Gasteiger partial charge in [0.15, 0.2) is 0 Å². The SMILES string of the molecule is CCN(CCO)C(=O)C(CN)CC(C)(C)C. The Kier molecular flexibility index (Phi) is 6.60. The van der Waals surface area contributed by atoms with Gasteiger partial charge in [0.05, 0.1) is 12.5 Å². The van der Waals surface area contributed by atoms with Gasteiger partial charge in [-0.15, -0.1) is 0 Å². The van der Waals surface area contributed by atoms with Crippen LogP contribution < -0.4 is 5.73 Å². The van der Waals surface area contributed by atoms with Crippen LogP contribution in [0.25, 0.3) is 0 Å². The predicted octanol–water partition coefficient (Wildman–Crippen LogP) is 0.838. The van der Waals surface area contributed by atoms with E-state index in [-0.39, 0.29) is 23.8 Å². The zero-order valence-electron chi connectivity index (χ0n) is 11.0. The molecule has 16 heavy (non-hydrogen) atoms. The number of hydrogen-bond acceptors (Lipinski definition) is 3. The van der Waals surface area contributed by atoms with Crippen LogP contribution in [0.3, 0.4) is 0 Å². The first kappa shape index (κ1) is 15.4. The molecule has 0 aliphatic carbocycles. The molecule has 0 aromatic heterocycles. The average Bonchev–Trinajstić information content (AvgIpc) is 2.20. The molecule has 0 fully saturated rings. The second-order valence-electron chi connectivity index (χ2n) is 5.34. The highest BCUT2D eigenvalue weighted by Crippen LogP contribution is 2.25. The zero-order valence-corrected chi connectivity index (χ0v) is 11.0. The van der Waals surface area contributed by atoms with Gasteiger partial charge in [-0.3, -0.25) is 4.79 Å². The highest BCUT2D eigenvalue weighted by atomic mass is 16.3. The predicted molar refractivity (Wildman–Crippen MR) is 66.0 cm³/mol. The van der Waals surface area contributed by atoms with Gasteiger partial charge in [-0.05, 0) is 18.8 Å². The van der Waals surface area contributed by atoms with Gasteiger partial charge >= 0.3 is 0 Å². The minimum absolute atomic E-state index is 0.00634. The molecule has 1 amide bonds. The Morgan fingerprint density at radius 3 is 2.31 bits per heavy atom. The Labute approximate surface area is 98.8 Å². The normalized spacial score (nSPS) is 13.6. The van der Waals surface area contributed by atoms with E-state index in [9.17, 15) is 4.79 Å². The summed E-state index contributed by atoms with van der Waals surface area (Å²) in [4.78, 5) is 13.8. The molecule has 0 saturated heterocycles. The van der Waals surface area contributed by atoms with Crippen LogP contribution in [0.4, 0.5) is 0 Å². The van der Waals surface area contributed by atoms with E-state index in [4.69, 9.17) is 10.8 Å². The topological polar surface area (TPSA) is 66.6 Å². The van der Waals surface area contributed by atoms with Crippen molar-refractivity contribution in [1.29, 1.82) is 0 Å². The maximum absolute atomic E-state index is 12.1. The summed E-state index contributed by atoms with van der Waals surface area (Å²) in [6.07, 6.45) is 0.782. The Hall–Kier alpha value is -0.610. The number of carbonyl (C=O) groups excluding carboxylic acids is 1. The molecule has 0 bridgehead atoms. The lowest BCUT2D eigenvalue weighted by molar-refractivity contribution is -0.136. The van der Waals surface area contributed by atoms with Crippen molar-refractivity contribution < 1.29 is 9.90 Å². The van der Waals surface area contributed by atoms with Crippen molar-refractivity contribution in [2.45, 2.75) is 34.1 Å². The van der Waals surface area contributed by atoms with Gasteiger partial charge in [-0.25, -0.2) is 0 Å². The van der Waals surface area contributed by atoms with Crippen molar-refractivity contribution in [2.75, 3.05) is 26.2 Å². The number of hydrogen-bond donors (Lipinski definition) is 2. The molecule has 0 heterocycles. The third-order valence-electron chi connectivity index (χ3n) is 2.56. The van der Waals surface area contributed by atoms with Crippen molar-refractivity contribution in [3.05, 3.63) is 0 Å². The van der Waals surface area contributed by atoms with E-state index in [2.05, 4.69) is 20.8 Å². The lowest BCUT2D eigenvalue weighted by atomic mass is 9.84. The number of nitrogens with zero attached hydrogens (tertiary/aromatic N) is 1. The first-order valence-electron chi connectivity index (χ1n) is 5.95. The van der Waals surface area contributed by atoms with Gasteiger partial charge in [0.1, 0.15) is 0 Å². The van der Waals surface area contributed by atoms with Crippen LogP contribution >= 0.6 is 0 Å². The van der Waals surface area contributed by atoms with Gasteiger partial charge in [-0.1, -0.05) is 20.8 Å². The van der Waals surface area contributed by atoms with Gasteiger partial charge in [0.25, 0.3) is 0 Å². The molecule has 0 aliphatic rings. The van der Waals surface area contributed by atoms with E-state index in [0.717, 1.165) is 6.42 Å². The molecule has 0 spiro atoms. The van der Waals surface area contributed by atoms with Crippen molar-refractivity contribution in [1.82, 2.24) is 4.90 Å². The maximum Gasteiger partial charge on any atom is 0.227 e. The number of carbonyl (C=O) groups is 1. The van der Waals surface area contributed by atoms with Gasteiger partial charge in [0, 0.05) is 19.6 Å². The Morgan fingerprint density at radius 1 is 1.44 bits per heavy atom. The van der Waals surface area contributed by atoms with Gasteiger partial charge in [-0.2, -0.15) is 0 Å². The van der Waals surface area contributed by atoms with Crippen LogP contribution in [0.15, 0.2) is 0 Å². The molecule has 0 radical (unpaired) electrons. The molecule has 4 nitrogen and oxygen atoms in total. The first-order chi connectivity index (χ1) is 7.35. The fourth-order valence-corrected chi connectivity index (χ4v) is 1.81. The van der Waals surface area contributed by atoms with Gasteiger partial charge in [0.2, 0.25) is 5.91 Å². The van der Waals surface area contributed by atoms with Crippen LogP contribution in [-0.2, 0) is 4.79 Å². The smallest absolute Gasteiger partial charge is 0.227 e. The molecule has 0 saturated carbocycles. The summed E-state index contributed by atoms with van der Waals surface area (Å²) in [5.41, 5.74) is 5.76. The van der Waals surface area contributed by atoms with Crippen molar-refractivity contribution in [3.8, 4) is 0 Å². The summed E-state index contributed by atoms with van der Waals surface area (Å²) >= 11 is 0. The van der Waals surface area contributed by atoms with Crippen LogP contribution in [-0.4, -0.2) is 42.2 Å². The van der Waals surface area contributed by atoms with Crippen molar-refractivity contribution in [2.24, 2.45) is 17.1 Å². The minimum atomic E-state index is -0.133. The molecule has 96 valence electrons. The number of rotatable bonds is 6. The Morgan fingerprint density at radius 2 is 2.00 bits per heavy atom. The third-order valence-corrected chi connectivity index (χ3v) is 2.56. The molecular weight excluding hydrogens is 204 g/mol. The van der Waals surface area contributed by atoms with E-state index < -0.39 is 0 Å². The van der Waals surface area contributed by atoms with E-state index in [1.54, 1.807) is 4.90 Å². The van der Waals surface area contributed by atoms with E-state index >= 15 is 0 Å². The van der Waals surface area contributed by atoms with Crippen LogP contribution in [0.5, 0.6) is 0 Å². The number of aliphatic hydroxyl groups excluding tert-OH is 1. The number of nitrogens with two attached hydrogens (primary N) is 1. The maximum atomic E-state index is 12.1. The second-order valence-corrected chi connectivity index (χ2v) is 5.34. The third kappa shape index (κ3) is 5.47. The molecule has 0 aromatic rings. The lowest BCUT2D eigenvalue weighted by Gasteiger charge is -2.29. The summed E-state index contributed by atoms with van der Waals surface area (Å²) in [5, 5.41) is 8.88. The van der Waals surface area contributed by atoms with E-state index in [1.165, 1.54) is 0 Å². The zero-order chi connectivity index (χ0) is 12.8. The molecular formula is C12H26N2O2. The van der Waals surface area contributed by atoms with Crippen molar-refractivity contribution >= 4 is 5.91 Å². The van der Waals surface area contributed by atoms with Gasteiger partial charge < -0.3 is 15.7 Å². The van der Waals surface area contributed by atoms with Crippen LogP contribution in [0.1, 0.15) is 34.1 Å². The number of likely N-dealkylation sites (N-methyl/N-ethyl adjacent to an activating group) is 1. The van der Waals surface area contributed by atoms with Crippen LogP contribution in [0.2, 0.25) is 0 Å². The minimum Gasteiger partial charge on any atom is -0.395 e. The second kappa shape index (κ2) is 6.86. The Bertz CT molecular complexity index is 212. The van der Waals surface area contributed by atoms with Crippen molar-refractivity contribution in [3.63, 3.8) is 0 Å². The average molecular weight is 230 g/mol. The molecule has 0 rings (SSSR count). The highest BCUT2D eigenvalue weighted by Gasteiger charge is 2.26. The molecule has 0 aromatic carbocycles. The van der Waals surface area contributed by atoms with Crippen LogP contribution in [0, 0.1) is 11.3 Å². The molecule has 1 unspecified atom stereocenters. The summed E-state index contributed by atoms with van der Waals surface area (Å²) in [5.74, 6) is -0.0690. The molecule has 1 atom stereocenters. The Balaban J connectivity index is 4.50. The fraction of sp³-hybridized carbons (Fsp3) is 0.917. The fourth-order valence-electron chi connectivity index (χ4n) is 1.81. The summed E-state index contributed by atoms with van der Waals surface area (Å²) in [6, 6.07) is 0. The largest absolute Gasteiger partial charge is 0.395 e. The van der Waals surface area contributed by atoms with E-state index in [0.29, 0.717) is 19.6 Å². The molecule has 4 heteroatoms.